The molecule has 2 aliphatic rings. The molecule has 3 aromatic rings. The van der Waals surface area contributed by atoms with Gasteiger partial charge in [-0.25, -0.2) is 0 Å². The van der Waals surface area contributed by atoms with Crippen LogP contribution >= 0.6 is 0 Å². The van der Waals surface area contributed by atoms with Crippen LogP contribution in [0.4, 0.5) is 0 Å². The molecule has 1 aromatic heterocycles. The number of nitrogens with zero attached hydrogens (tertiary/aromatic N) is 3. The van der Waals surface area contributed by atoms with Crippen LogP contribution in [0, 0.1) is 6.92 Å². The average Bonchev–Trinajstić information content (AvgIpc) is 3.23. The van der Waals surface area contributed by atoms with Crippen LogP contribution in [0.25, 0.3) is 0 Å². The van der Waals surface area contributed by atoms with Crippen LogP contribution in [0.1, 0.15) is 59.1 Å². The Labute approximate surface area is 195 Å². The number of hydrogen-bond acceptors (Lipinski definition) is 4. The van der Waals surface area contributed by atoms with E-state index in [0.717, 1.165) is 35.8 Å². The molecule has 0 saturated heterocycles. The number of benzene rings is 2. The molecule has 5 rings (SSSR count). The quantitative estimate of drug-likeness (QED) is 0.616. The number of nitrogens with one attached hydrogen (secondary N) is 1. The van der Waals surface area contributed by atoms with Crippen molar-refractivity contribution in [1.29, 1.82) is 0 Å². The fourth-order valence-electron chi connectivity index (χ4n) is 4.83. The molecule has 0 saturated carbocycles. The largest absolute Gasteiger partial charge is 0.349 e. The number of amidine groups is 1. The molecule has 5 nitrogen and oxygen atoms in total. The van der Waals surface area contributed by atoms with Gasteiger partial charge in [-0.3, -0.25) is 14.8 Å². The lowest BCUT2D eigenvalue weighted by molar-refractivity contribution is -0.121. The topological polar surface area (TPSA) is 57.6 Å². The number of hydrogen-bond donors (Lipinski definition) is 1. The molecule has 0 radical (unpaired) electrons. The summed E-state index contributed by atoms with van der Waals surface area (Å²) >= 11 is 0. The first kappa shape index (κ1) is 21.4. The first-order chi connectivity index (χ1) is 16.0. The van der Waals surface area contributed by atoms with E-state index in [4.69, 9.17) is 9.98 Å². The van der Waals surface area contributed by atoms with Crippen LogP contribution in [-0.2, 0) is 30.7 Å². The molecule has 5 heteroatoms. The average molecular weight is 439 g/mol. The van der Waals surface area contributed by atoms with Crippen molar-refractivity contribution in [2.75, 3.05) is 0 Å². The van der Waals surface area contributed by atoms with Gasteiger partial charge >= 0.3 is 0 Å². The Hall–Kier alpha value is -3.47. The molecule has 2 aliphatic heterocycles. The highest BCUT2D eigenvalue weighted by atomic mass is 16.1. The molecule has 0 spiro atoms. The Morgan fingerprint density at radius 3 is 2.67 bits per heavy atom. The zero-order chi connectivity index (χ0) is 22.9. The summed E-state index contributed by atoms with van der Waals surface area (Å²) in [7, 11) is 0. The minimum atomic E-state index is -0.0308. The molecule has 0 aliphatic carbocycles. The molecular weight excluding hydrogens is 408 g/mol. The maximum Gasteiger partial charge on any atom is 0.226 e. The van der Waals surface area contributed by atoms with Crippen molar-refractivity contribution < 1.29 is 4.79 Å². The van der Waals surface area contributed by atoms with Gasteiger partial charge in [0.2, 0.25) is 5.91 Å². The maximum absolute atomic E-state index is 12.7. The Morgan fingerprint density at radius 1 is 1.15 bits per heavy atom. The summed E-state index contributed by atoms with van der Waals surface area (Å²) in [6.45, 7) is 7.87. The molecule has 3 heterocycles. The molecule has 1 unspecified atom stereocenters. The lowest BCUT2D eigenvalue weighted by atomic mass is 9.94. The van der Waals surface area contributed by atoms with Crippen molar-refractivity contribution in [3.05, 3.63) is 99.9 Å². The van der Waals surface area contributed by atoms with Crippen LogP contribution in [0.5, 0.6) is 0 Å². The van der Waals surface area contributed by atoms with Gasteiger partial charge in [0, 0.05) is 24.6 Å². The van der Waals surface area contributed by atoms with E-state index in [0.29, 0.717) is 12.6 Å². The van der Waals surface area contributed by atoms with E-state index in [1.165, 1.54) is 22.3 Å². The molecule has 168 valence electrons. The second-order valence-corrected chi connectivity index (χ2v) is 9.28. The molecule has 2 aromatic carbocycles. The third-order valence-electron chi connectivity index (χ3n) is 6.64. The van der Waals surface area contributed by atoms with Crippen molar-refractivity contribution in [2.45, 2.75) is 58.8 Å². The molecule has 2 atom stereocenters. The second-order valence-electron chi connectivity index (χ2n) is 9.28. The summed E-state index contributed by atoms with van der Waals surface area (Å²) in [5, 5.41) is 3.10. The Morgan fingerprint density at radius 2 is 1.91 bits per heavy atom. The van der Waals surface area contributed by atoms with Crippen LogP contribution < -0.4 is 5.32 Å². The normalized spacial score (nSPS) is 17.4. The number of pyridine rings is 1. The number of aromatic nitrogens is 1. The van der Waals surface area contributed by atoms with E-state index in [9.17, 15) is 4.79 Å². The summed E-state index contributed by atoms with van der Waals surface area (Å²) in [4.78, 5) is 24.9. The minimum absolute atomic E-state index is 0.00463. The molecule has 0 fully saturated rings. The second kappa shape index (κ2) is 8.81. The van der Waals surface area contributed by atoms with Gasteiger partial charge in [0.1, 0.15) is 5.84 Å². The molecular formula is C28H30N4O. The number of carbonyl (C=O) groups excluding carboxylic acids is 1. The predicted octanol–water partition coefficient (Wildman–Crippen LogP) is 4.52. The molecule has 0 bridgehead atoms. The monoisotopic (exact) mass is 438 g/mol. The zero-order valence-corrected chi connectivity index (χ0v) is 19.5. The zero-order valence-electron chi connectivity index (χ0n) is 19.5. The summed E-state index contributed by atoms with van der Waals surface area (Å²) in [6, 6.07) is 21.1. The van der Waals surface area contributed by atoms with Crippen molar-refractivity contribution >= 4 is 11.7 Å². The lowest BCUT2D eigenvalue weighted by Gasteiger charge is -2.36. The van der Waals surface area contributed by atoms with E-state index in [1.807, 2.05) is 37.3 Å². The summed E-state index contributed by atoms with van der Waals surface area (Å²) in [5.41, 5.74) is 7.95. The number of aryl methyl sites for hydroxylation is 1. The third kappa shape index (κ3) is 4.40. The Bertz CT molecular complexity index is 1200. The standard InChI is InChI=1S/C28H30N4O/c1-18-9-11-21(12-10-18)17-32-19(2)13-25-27-23(16-29-28(27)32)14-24(31-25)15-26(33)30-20(3)22-7-5-4-6-8-22/h4-12,14,19-20H,13,15-17H2,1-3H3,(H,30,33)/t19?,20-/m1/s1. The third-order valence-corrected chi connectivity index (χ3v) is 6.64. The lowest BCUT2D eigenvalue weighted by Crippen LogP contribution is -2.44. The predicted molar refractivity (Wildman–Crippen MR) is 131 cm³/mol. The first-order valence-corrected chi connectivity index (χ1v) is 11.7. The highest BCUT2D eigenvalue weighted by molar-refractivity contribution is 6.04. The van der Waals surface area contributed by atoms with Gasteiger partial charge in [0.25, 0.3) is 0 Å². The van der Waals surface area contributed by atoms with Crippen molar-refractivity contribution in [1.82, 2.24) is 15.2 Å². The van der Waals surface area contributed by atoms with Gasteiger partial charge in [0.05, 0.1) is 30.4 Å². The van der Waals surface area contributed by atoms with Gasteiger partial charge in [0.15, 0.2) is 0 Å². The van der Waals surface area contributed by atoms with Gasteiger partial charge in [-0.15, -0.1) is 0 Å². The molecule has 33 heavy (non-hydrogen) atoms. The molecule has 1 amide bonds. The maximum atomic E-state index is 12.7. The van der Waals surface area contributed by atoms with Crippen LogP contribution in [0.2, 0.25) is 0 Å². The smallest absolute Gasteiger partial charge is 0.226 e. The van der Waals surface area contributed by atoms with E-state index >= 15 is 0 Å². The molecule has 1 N–H and O–H groups in total. The van der Waals surface area contributed by atoms with Crippen molar-refractivity contribution in [2.24, 2.45) is 4.99 Å². The minimum Gasteiger partial charge on any atom is -0.349 e. The summed E-state index contributed by atoms with van der Waals surface area (Å²) in [5.74, 6) is 1.05. The van der Waals surface area contributed by atoms with Gasteiger partial charge in [-0.2, -0.15) is 0 Å². The fraction of sp³-hybridized carbons (Fsp3) is 0.321. The fourth-order valence-corrected chi connectivity index (χ4v) is 4.83. The van der Waals surface area contributed by atoms with E-state index < -0.39 is 0 Å². The first-order valence-electron chi connectivity index (χ1n) is 11.7. The number of carbonyl (C=O) groups is 1. The number of rotatable bonds is 6. The van der Waals surface area contributed by atoms with Crippen LogP contribution in [0.15, 0.2) is 65.7 Å². The summed E-state index contributed by atoms with van der Waals surface area (Å²) in [6.07, 6.45) is 1.15. The SMILES string of the molecule is Cc1ccc(CN2C3=NCc4cc(CC(=O)N[C@H](C)c5ccccc5)nc(c43)CC2C)cc1. The summed E-state index contributed by atoms with van der Waals surface area (Å²) < 4.78 is 0. The Balaban J connectivity index is 1.32. The van der Waals surface area contributed by atoms with E-state index in [1.54, 1.807) is 0 Å². The van der Waals surface area contributed by atoms with Gasteiger partial charge < -0.3 is 10.2 Å². The van der Waals surface area contributed by atoms with E-state index in [2.05, 4.69) is 54.4 Å². The van der Waals surface area contributed by atoms with Gasteiger partial charge in [-0.05, 0) is 43.5 Å². The van der Waals surface area contributed by atoms with Crippen molar-refractivity contribution in [3.63, 3.8) is 0 Å². The highest BCUT2D eigenvalue weighted by Crippen LogP contribution is 2.32. The van der Waals surface area contributed by atoms with Crippen molar-refractivity contribution in [3.8, 4) is 0 Å². The Kier molecular flexibility index (Phi) is 5.71. The number of amides is 1. The van der Waals surface area contributed by atoms with Crippen LogP contribution in [-0.4, -0.2) is 27.7 Å². The van der Waals surface area contributed by atoms with E-state index in [-0.39, 0.29) is 18.4 Å². The highest BCUT2D eigenvalue weighted by Gasteiger charge is 2.34. The van der Waals surface area contributed by atoms with Crippen LogP contribution in [0.3, 0.4) is 0 Å². The van der Waals surface area contributed by atoms with Gasteiger partial charge in [-0.1, -0.05) is 60.2 Å². The number of aliphatic imine (C=N–C) groups is 1.